The number of fused-ring (bicyclic) bond motifs is 1. The van der Waals surface area contributed by atoms with Gasteiger partial charge in [0.1, 0.15) is 0 Å². The van der Waals surface area contributed by atoms with Crippen LogP contribution in [-0.2, 0) is 0 Å². The fraction of sp³-hybridized carbons (Fsp3) is 0.389. The molecule has 0 radical (unpaired) electrons. The summed E-state index contributed by atoms with van der Waals surface area (Å²) in [6.45, 7) is 8.10. The van der Waals surface area contributed by atoms with Crippen molar-refractivity contribution >= 4 is 44.9 Å². The van der Waals surface area contributed by atoms with Crippen LogP contribution in [0.2, 0.25) is 0 Å². The lowest BCUT2D eigenvalue weighted by Crippen LogP contribution is -2.27. The Morgan fingerprint density at radius 3 is 2.88 bits per heavy atom. The number of H-pyrrole nitrogens is 1. The maximum Gasteiger partial charge on any atom is 0.206 e. The first kappa shape index (κ1) is 17.9. The molecule has 2 N–H and O–H groups in total. The molecule has 0 spiro atoms. The maximum atomic E-state index is 13.1. The number of hydrogen-bond acceptors (Lipinski definition) is 6. The van der Waals surface area contributed by atoms with Crippen molar-refractivity contribution in [2.45, 2.75) is 49.2 Å². The van der Waals surface area contributed by atoms with Crippen LogP contribution in [0.25, 0.3) is 10.9 Å². The highest BCUT2D eigenvalue weighted by molar-refractivity contribution is 8.03. The van der Waals surface area contributed by atoms with Crippen molar-refractivity contribution in [1.82, 2.24) is 15.2 Å². The molecule has 0 saturated carbocycles. The Morgan fingerprint density at radius 1 is 1.36 bits per heavy atom. The van der Waals surface area contributed by atoms with Gasteiger partial charge in [-0.3, -0.25) is 4.79 Å². The van der Waals surface area contributed by atoms with Gasteiger partial charge in [0.05, 0.1) is 4.75 Å². The van der Waals surface area contributed by atoms with Crippen molar-refractivity contribution in [1.29, 1.82) is 0 Å². The molecule has 1 aromatic carbocycles. The van der Waals surface area contributed by atoms with Gasteiger partial charge in [0.15, 0.2) is 10.1 Å². The zero-order chi connectivity index (χ0) is 18.0. The molecule has 0 aliphatic rings. The van der Waals surface area contributed by atoms with E-state index in [1.54, 1.807) is 6.20 Å². The molecule has 3 rings (SSSR count). The van der Waals surface area contributed by atoms with E-state index < -0.39 is 4.75 Å². The van der Waals surface area contributed by atoms with Gasteiger partial charge < -0.3 is 10.3 Å². The quantitative estimate of drug-likeness (QED) is 0.451. The van der Waals surface area contributed by atoms with Gasteiger partial charge in [0, 0.05) is 28.7 Å². The average molecular weight is 375 g/mol. The summed E-state index contributed by atoms with van der Waals surface area (Å²) in [5.74, 6) is 0.0848. The largest absolute Gasteiger partial charge is 0.360 e. The van der Waals surface area contributed by atoms with Crippen LogP contribution in [-0.4, -0.2) is 31.8 Å². The molecule has 1 atom stereocenters. The van der Waals surface area contributed by atoms with Crippen LogP contribution in [0.4, 0.5) is 5.13 Å². The Kier molecular flexibility index (Phi) is 5.15. The number of aromatic amines is 1. The van der Waals surface area contributed by atoms with E-state index in [1.165, 1.54) is 23.1 Å². The van der Waals surface area contributed by atoms with Crippen LogP contribution in [0.5, 0.6) is 0 Å². The van der Waals surface area contributed by atoms with Gasteiger partial charge in [-0.25, -0.2) is 0 Å². The molecule has 0 bridgehead atoms. The molecular weight excluding hydrogens is 352 g/mol. The molecule has 2 heterocycles. The Hall–Kier alpha value is -1.86. The number of aromatic nitrogens is 3. The van der Waals surface area contributed by atoms with Crippen molar-refractivity contribution in [2.75, 3.05) is 5.32 Å². The highest BCUT2D eigenvalue weighted by Crippen LogP contribution is 2.38. The molecule has 0 saturated heterocycles. The topological polar surface area (TPSA) is 70.7 Å². The van der Waals surface area contributed by atoms with Crippen LogP contribution >= 0.6 is 23.1 Å². The van der Waals surface area contributed by atoms with E-state index in [1.807, 2.05) is 38.1 Å². The first-order valence-corrected chi connectivity index (χ1v) is 9.94. The summed E-state index contributed by atoms with van der Waals surface area (Å²) >= 11 is 2.95. The third kappa shape index (κ3) is 3.88. The number of nitrogens with zero attached hydrogens (tertiary/aromatic N) is 2. The highest BCUT2D eigenvalue weighted by atomic mass is 32.2. The average Bonchev–Trinajstić information content (AvgIpc) is 3.20. The van der Waals surface area contributed by atoms with Gasteiger partial charge in [-0.05, 0) is 33.3 Å². The normalized spacial score (nSPS) is 13.1. The fourth-order valence-electron chi connectivity index (χ4n) is 2.47. The van der Waals surface area contributed by atoms with Gasteiger partial charge in [-0.15, -0.1) is 10.2 Å². The molecule has 2 aromatic heterocycles. The van der Waals surface area contributed by atoms with Gasteiger partial charge in [0.2, 0.25) is 5.13 Å². The molecule has 0 amide bonds. The Morgan fingerprint density at radius 2 is 2.12 bits per heavy atom. The second-order valence-corrected chi connectivity index (χ2v) is 9.36. The van der Waals surface area contributed by atoms with Crippen molar-refractivity contribution in [3.05, 3.63) is 36.0 Å². The Balaban J connectivity index is 1.78. The van der Waals surface area contributed by atoms with Crippen LogP contribution in [0, 0.1) is 0 Å². The summed E-state index contributed by atoms with van der Waals surface area (Å²) in [6, 6.07) is 8.21. The monoisotopic (exact) mass is 374 g/mol. The molecule has 3 aromatic rings. The predicted octanol–water partition coefficient (Wildman–Crippen LogP) is 4.98. The molecule has 7 heteroatoms. The number of carbonyl (C=O) groups is 1. The molecule has 0 aliphatic heterocycles. The molecule has 132 valence electrons. The van der Waals surface area contributed by atoms with Gasteiger partial charge >= 0.3 is 0 Å². The number of anilines is 1. The van der Waals surface area contributed by atoms with E-state index in [-0.39, 0.29) is 5.78 Å². The number of thioether (sulfide) groups is 1. The maximum absolute atomic E-state index is 13.1. The van der Waals surface area contributed by atoms with Crippen LogP contribution in [0.1, 0.15) is 44.5 Å². The van der Waals surface area contributed by atoms with E-state index in [0.29, 0.717) is 6.04 Å². The number of rotatable bonds is 7. The van der Waals surface area contributed by atoms with E-state index in [9.17, 15) is 4.79 Å². The molecular formula is C18H22N4OS2. The summed E-state index contributed by atoms with van der Waals surface area (Å²) in [5.41, 5.74) is 1.69. The SMILES string of the molecule is CCC(C)Nc1nnc(SC(C)(C)C(=O)c2c[nH]c3ccccc23)s1. The minimum absolute atomic E-state index is 0.0848. The standard InChI is InChI=1S/C18H22N4OS2/c1-5-11(2)20-16-21-22-17(24-16)25-18(3,4)15(23)13-10-19-14-9-7-6-8-12(13)14/h6-11,19H,5H2,1-4H3,(H,20,21). The van der Waals surface area contributed by atoms with Crippen molar-refractivity contribution in [3.63, 3.8) is 0 Å². The minimum Gasteiger partial charge on any atom is -0.360 e. The first-order chi connectivity index (χ1) is 11.9. The van der Waals surface area contributed by atoms with Crippen LogP contribution in [0.3, 0.4) is 0 Å². The fourth-order valence-corrected chi connectivity index (χ4v) is 4.81. The van der Waals surface area contributed by atoms with E-state index >= 15 is 0 Å². The highest BCUT2D eigenvalue weighted by Gasteiger charge is 2.33. The zero-order valence-corrected chi connectivity index (χ0v) is 16.4. The van der Waals surface area contributed by atoms with Crippen molar-refractivity contribution < 1.29 is 4.79 Å². The number of carbonyl (C=O) groups excluding carboxylic acids is 1. The minimum atomic E-state index is -0.627. The number of benzene rings is 1. The lowest BCUT2D eigenvalue weighted by molar-refractivity contribution is 0.0960. The zero-order valence-electron chi connectivity index (χ0n) is 14.8. The van der Waals surface area contributed by atoms with E-state index in [2.05, 4.69) is 34.3 Å². The number of Topliss-reactive ketones (excluding diaryl/α,β-unsaturated/α-hetero) is 1. The Bertz CT molecular complexity index is 884. The number of nitrogens with one attached hydrogen (secondary N) is 2. The smallest absolute Gasteiger partial charge is 0.206 e. The second-order valence-electron chi connectivity index (χ2n) is 6.52. The number of ketones is 1. The lowest BCUT2D eigenvalue weighted by atomic mass is 10.00. The van der Waals surface area contributed by atoms with Crippen LogP contribution < -0.4 is 5.32 Å². The summed E-state index contributed by atoms with van der Waals surface area (Å²) in [7, 11) is 0. The summed E-state index contributed by atoms with van der Waals surface area (Å²) in [5, 5.41) is 13.5. The molecule has 5 nitrogen and oxygen atoms in total. The van der Waals surface area contributed by atoms with E-state index in [4.69, 9.17) is 0 Å². The lowest BCUT2D eigenvalue weighted by Gasteiger charge is -2.20. The summed E-state index contributed by atoms with van der Waals surface area (Å²) < 4.78 is 0.169. The van der Waals surface area contributed by atoms with Gasteiger partial charge in [0.25, 0.3) is 0 Å². The Labute approximate surface area is 155 Å². The summed E-state index contributed by atoms with van der Waals surface area (Å²) in [4.78, 5) is 16.2. The van der Waals surface area contributed by atoms with Crippen molar-refractivity contribution in [3.8, 4) is 0 Å². The third-order valence-electron chi connectivity index (χ3n) is 4.11. The first-order valence-electron chi connectivity index (χ1n) is 8.30. The van der Waals surface area contributed by atoms with Crippen molar-refractivity contribution in [2.24, 2.45) is 0 Å². The predicted molar refractivity (Wildman–Crippen MR) is 106 cm³/mol. The molecule has 0 aliphatic carbocycles. The third-order valence-corrected chi connectivity index (χ3v) is 6.21. The number of hydrogen-bond donors (Lipinski definition) is 2. The molecule has 25 heavy (non-hydrogen) atoms. The number of para-hydroxylation sites is 1. The summed E-state index contributed by atoms with van der Waals surface area (Å²) in [6.07, 6.45) is 2.82. The van der Waals surface area contributed by atoms with Gasteiger partial charge in [-0.1, -0.05) is 48.2 Å². The van der Waals surface area contributed by atoms with Crippen LogP contribution in [0.15, 0.2) is 34.8 Å². The molecule has 0 fully saturated rings. The van der Waals surface area contributed by atoms with Gasteiger partial charge in [-0.2, -0.15) is 0 Å². The molecule has 1 unspecified atom stereocenters. The second kappa shape index (κ2) is 7.17. The van der Waals surface area contributed by atoms with E-state index in [0.717, 1.165) is 32.4 Å².